The first kappa shape index (κ1) is 32.3. The minimum atomic E-state index is -2.84. The number of benzene rings is 8. The molecule has 1 aliphatic heterocycles. The lowest BCUT2D eigenvalue weighted by atomic mass is 10.1. The zero-order chi connectivity index (χ0) is 37.5. The van der Waals surface area contributed by atoms with Crippen LogP contribution in [0.2, 0.25) is 0 Å². The fraction of sp³-hybridized carbons (Fsp3) is 0. The highest BCUT2D eigenvalue weighted by atomic mass is 32.1. The monoisotopic (exact) mass is 759 g/mol. The van der Waals surface area contributed by atoms with Crippen LogP contribution in [0, 0.1) is 0 Å². The van der Waals surface area contributed by atoms with E-state index in [0.29, 0.717) is 0 Å². The van der Waals surface area contributed by atoms with Crippen LogP contribution in [0.5, 0.6) is 0 Å². The summed E-state index contributed by atoms with van der Waals surface area (Å²) in [5.41, 5.74) is 8.88. The third-order valence-corrected chi connectivity index (χ3v) is 17.9. The Kier molecular flexibility index (Phi) is 7.12. The molecule has 266 valence electrons. The van der Waals surface area contributed by atoms with Crippen LogP contribution in [0.25, 0.3) is 81.6 Å². The molecule has 0 saturated carbocycles. The van der Waals surface area contributed by atoms with E-state index >= 15 is 0 Å². The molecule has 4 heterocycles. The number of rotatable bonds is 5. The molecular formula is C52H33N3SSi. The van der Waals surface area contributed by atoms with Gasteiger partial charge >= 0.3 is 0 Å². The molecule has 0 radical (unpaired) electrons. The van der Waals surface area contributed by atoms with Gasteiger partial charge in [0.15, 0.2) is 13.9 Å². The molecule has 3 aromatic heterocycles. The van der Waals surface area contributed by atoms with E-state index in [9.17, 15) is 0 Å². The standard InChI is InChI=1S/C52H33N3SSi/c1-4-16-34(17-5-1)48-51-49(42-24-12-15-27-46(42)57(51,37-18-6-2-7-19-37)38-20-8-3-9-21-38)54-52(53-48)35-28-30-36(31-29-35)55-43-25-13-10-22-39(43)40-32-33-45-47(50(40)55)41-23-11-14-26-44(41)56-45/h1-33H. The Morgan fingerprint density at radius 3 is 1.81 bits per heavy atom. The molecule has 0 aliphatic carbocycles. The van der Waals surface area contributed by atoms with Gasteiger partial charge in [0.25, 0.3) is 0 Å². The highest BCUT2D eigenvalue weighted by molar-refractivity contribution is 7.26. The van der Waals surface area contributed by atoms with Crippen molar-refractivity contribution in [2.45, 2.75) is 0 Å². The quantitative estimate of drug-likeness (QED) is 0.164. The molecular weight excluding hydrogens is 727 g/mol. The molecule has 0 saturated heterocycles. The molecule has 0 bridgehead atoms. The van der Waals surface area contributed by atoms with Crippen molar-refractivity contribution < 1.29 is 0 Å². The van der Waals surface area contributed by atoms with Crippen LogP contribution >= 0.6 is 11.3 Å². The fourth-order valence-electron chi connectivity index (χ4n) is 9.53. The van der Waals surface area contributed by atoms with E-state index in [2.05, 4.69) is 205 Å². The predicted molar refractivity (Wildman–Crippen MR) is 243 cm³/mol. The van der Waals surface area contributed by atoms with E-state index in [1.165, 1.54) is 68.3 Å². The second-order valence-electron chi connectivity index (χ2n) is 14.8. The van der Waals surface area contributed by atoms with Crippen LogP contribution in [0.4, 0.5) is 0 Å². The minimum absolute atomic E-state index is 0.730. The van der Waals surface area contributed by atoms with Crippen LogP contribution in [0.3, 0.4) is 0 Å². The van der Waals surface area contributed by atoms with Crippen molar-refractivity contribution in [3.05, 3.63) is 200 Å². The molecule has 11 aromatic rings. The maximum Gasteiger partial charge on any atom is 0.185 e. The molecule has 1 aliphatic rings. The Bertz CT molecular complexity index is 3300. The first-order valence-corrected chi connectivity index (χ1v) is 22.2. The molecule has 0 unspecified atom stereocenters. The Labute approximate surface area is 334 Å². The summed E-state index contributed by atoms with van der Waals surface area (Å²) < 4.78 is 5.06. The number of para-hydroxylation sites is 1. The van der Waals surface area contributed by atoms with Crippen molar-refractivity contribution in [1.82, 2.24) is 14.5 Å². The molecule has 0 spiro atoms. The van der Waals surface area contributed by atoms with E-state index in [1.54, 1.807) is 0 Å². The van der Waals surface area contributed by atoms with Gasteiger partial charge in [-0.05, 0) is 58.0 Å². The molecule has 3 nitrogen and oxygen atoms in total. The normalized spacial score (nSPS) is 13.1. The van der Waals surface area contributed by atoms with Gasteiger partial charge in [0.1, 0.15) is 0 Å². The number of thiophene rings is 1. The van der Waals surface area contributed by atoms with E-state index in [1.807, 2.05) is 11.3 Å². The van der Waals surface area contributed by atoms with Crippen LogP contribution in [0.1, 0.15) is 0 Å². The molecule has 5 heteroatoms. The molecule has 12 rings (SSSR count). The van der Waals surface area contributed by atoms with Crippen LogP contribution in [-0.4, -0.2) is 22.6 Å². The van der Waals surface area contributed by atoms with Gasteiger partial charge in [-0.2, -0.15) is 0 Å². The summed E-state index contributed by atoms with van der Waals surface area (Å²) in [5.74, 6) is 0.730. The summed E-state index contributed by atoms with van der Waals surface area (Å²) in [5, 5.41) is 10.4. The van der Waals surface area contributed by atoms with Crippen molar-refractivity contribution in [1.29, 1.82) is 0 Å². The summed E-state index contributed by atoms with van der Waals surface area (Å²) in [6, 6.07) is 72.9. The van der Waals surface area contributed by atoms with Gasteiger partial charge in [-0.25, -0.2) is 9.97 Å². The summed E-state index contributed by atoms with van der Waals surface area (Å²) >= 11 is 1.86. The smallest absolute Gasteiger partial charge is 0.185 e. The van der Waals surface area contributed by atoms with Crippen LogP contribution in [-0.2, 0) is 0 Å². The van der Waals surface area contributed by atoms with Crippen LogP contribution < -0.4 is 20.7 Å². The number of aromatic nitrogens is 3. The number of hydrogen-bond donors (Lipinski definition) is 0. The zero-order valence-corrected chi connectivity index (χ0v) is 32.6. The largest absolute Gasteiger partial charge is 0.309 e. The summed E-state index contributed by atoms with van der Waals surface area (Å²) in [6.45, 7) is 0. The highest BCUT2D eigenvalue weighted by Gasteiger charge is 2.51. The number of fused-ring (bicyclic) bond motifs is 10. The van der Waals surface area contributed by atoms with Gasteiger partial charge < -0.3 is 4.57 Å². The summed E-state index contributed by atoms with van der Waals surface area (Å²) in [7, 11) is -2.84. The fourth-order valence-corrected chi connectivity index (χ4v) is 15.9. The van der Waals surface area contributed by atoms with Crippen LogP contribution in [0.15, 0.2) is 200 Å². The van der Waals surface area contributed by atoms with Crippen molar-refractivity contribution >= 4 is 82.1 Å². The average Bonchev–Trinajstić information content (AvgIpc) is 3.94. The summed E-state index contributed by atoms with van der Waals surface area (Å²) in [4.78, 5) is 11.2. The third-order valence-electron chi connectivity index (χ3n) is 11.9. The maximum absolute atomic E-state index is 5.59. The van der Waals surface area contributed by atoms with Gasteiger partial charge in [-0.15, -0.1) is 11.3 Å². The lowest BCUT2D eigenvalue weighted by Crippen LogP contribution is -2.73. The van der Waals surface area contributed by atoms with Gasteiger partial charge in [0.05, 0.1) is 22.4 Å². The number of nitrogens with zero attached hydrogens (tertiary/aromatic N) is 3. The van der Waals surface area contributed by atoms with Gasteiger partial charge in [-0.3, -0.25) is 0 Å². The first-order chi connectivity index (χ1) is 28.3. The first-order valence-electron chi connectivity index (χ1n) is 19.4. The van der Waals surface area contributed by atoms with E-state index in [4.69, 9.17) is 9.97 Å². The minimum Gasteiger partial charge on any atom is -0.309 e. The highest BCUT2D eigenvalue weighted by Crippen LogP contribution is 2.43. The Hall–Kier alpha value is -6.92. The van der Waals surface area contributed by atoms with Crippen molar-refractivity contribution in [2.75, 3.05) is 0 Å². The van der Waals surface area contributed by atoms with Crippen molar-refractivity contribution in [3.8, 4) is 39.6 Å². The van der Waals surface area contributed by atoms with Crippen molar-refractivity contribution in [2.24, 2.45) is 0 Å². The lowest BCUT2D eigenvalue weighted by Gasteiger charge is -2.32. The molecule has 0 amide bonds. The second kappa shape index (κ2) is 12.5. The molecule has 0 N–H and O–H groups in total. The third kappa shape index (κ3) is 4.64. The lowest BCUT2D eigenvalue weighted by molar-refractivity contribution is 1.17. The van der Waals surface area contributed by atoms with E-state index in [0.717, 1.165) is 34.0 Å². The maximum atomic E-state index is 5.59. The van der Waals surface area contributed by atoms with Gasteiger partial charge in [0, 0.05) is 58.5 Å². The average molecular weight is 760 g/mol. The topological polar surface area (TPSA) is 30.7 Å². The molecule has 0 atom stereocenters. The Balaban J connectivity index is 1.11. The SMILES string of the molecule is c1ccc(-c2nc(-c3ccc(-n4c5ccccc5c5ccc6sc7ccccc7c6c54)cc3)nc3c2[Si](c2ccccc2)(c2ccccc2)c2ccccc2-3)cc1. The predicted octanol–water partition coefficient (Wildman–Crippen LogP) is 10.6. The Morgan fingerprint density at radius 1 is 0.439 bits per heavy atom. The van der Waals surface area contributed by atoms with E-state index < -0.39 is 8.07 Å². The van der Waals surface area contributed by atoms with Crippen molar-refractivity contribution in [3.63, 3.8) is 0 Å². The molecule has 57 heavy (non-hydrogen) atoms. The number of hydrogen-bond acceptors (Lipinski definition) is 3. The zero-order valence-electron chi connectivity index (χ0n) is 30.8. The second-order valence-corrected chi connectivity index (χ2v) is 19.6. The Morgan fingerprint density at radius 2 is 1.05 bits per heavy atom. The van der Waals surface area contributed by atoms with Gasteiger partial charge in [-0.1, -0.05) is 158 Å². The van der Waals surface area contributed by atoms with Gasteiger partial charge in [0.2, 0.25) is 0 Å². The molecule has 8 aromatic carbocycles. The molecule has 0 fully saturated rings. The summed E-state index contributed by atoms with van der Waals surface area (Å²) in [6.07, 6.45) is 0. The van der Waals surface area contributed by atoms with E-state index in [-0.39, 0.29) is 0 Å².